The summed E-state index contributed by atoms with van der Waals surface area (Å²) in [4.78, 5) is 22.1. The number of carbonyl (C=O) groups is 1. The molecule has 150 valence electrons. The van der Waals surface area contributed by atoms with Crippen molar-refractivity contribution in [2.45, 2.75) is 30.2 Å². The molecule has 0 unspecified atom stereocenters. The van der Waals surface area contributed by atoms with E-state index in [2.05, 4.69) is 4.72 Å². The van der Waals surface area contributed by atoms with Gasteiger partial charge >= 0.3 is 5.97 Å². The number of nitro benzene ring substituents is 1. The van der Waals surface area contributed by atoms with Crippen molar-refractivity contribution < 1.29 is 22.9 Å². The highest BCUT2D eigenvalue weighted by Crippen LogP contribution is 2.32. The fourth-order valence-electron chi connectivity index (χ4n) is 2.85. The number of nitro groups is 1. The van der Waals surface area contributed by atoms with E-state index in [0.717, 1.165) is 30.4 Å². The lowest BCUT2D eigenvalue weighted by Crippen LogP contribution is -2.44. The quantitative estimate of drug-likeness (QED) is 0.315. The number of nitrogens with one attached hydrogen (secondary N) is 1. The van der Waals surface area contributed by atoms with Crippen LogP contribution < -0.4 is 4.72 Å². The zero-order valence-corrected chi connectivity index (χ0v) is 17.0. The van der Waals surface area contributed by atoms with Gasteiger partial charge in [-0.25, -0.2) is 8.42 Å². The van der Waals surface area contributed by atoms with Crippen molar-refractivity contribution in [2.24, 2.45) is 0 Å². The van der Waals surface area contributed by atoms with Crippen molar-refractivity contribution in [1.29, 1.82) is 0 Å². The number of aryl methyl sites for hydroxylation is 2. The first-order valence-corrected chi connectivity index (χ1v) is 10.1. The van der Waals surface area contributed by atoms with Crippen LogP contribution in [0.3, 0.4) is 0 Å². The Morgan fingerprint density at radius 3 is 2.25 bits per heavy atom. The summed E-state index contributed by atoms with van der Waals surface area (Å²) >= 11 is 6.49. The molecule has 0 fully saturated rings. The van der Waals surface area contributed by atoms with Crippen LogP contribution in [0.1, 0.15) is 22.1 Å². The third-order valence-electron chi connectivity index (χ3n) is 4.20. The van der Waals surface area contributed by atoms with Crippen molar-refractivity contribution in [3.8, 4) is 0 Å². The molecule has 10 heteroatoms. The highest BCUT2D eigenvalue weighted by molar-refractivity contribution is 7.89. The Morgan fingerprint density at radius 2 is 1.71 bits per heavy atom. The predicted molar refractivity (Wildman–Crippen MR) is 104 cm³/mol. The van der Waals surface area contributed by atoms with Crippen LogP contribution in [-0.4, -0.2) is 32.5 Å². The van der Waals surface area contributed by atoms with Crippen LogP contribution >= 0.6 is 11.6 Å². The van der Waals surface area contributed by atoms with Gasteiger partial charge in [0.15, 0.2) is 4.90 Å². The maximum atomic E-state index is 12.8. The number of rotatable bonds is 7. The van der Waals surface area contributed by atoms with Gasteiger partial charge in [-0.2, -0.15) is 4.72 Å². The molecule has 0 bridgehead atoms. The molecule has 0 amide bonds. The van der Waals surface area contributed by atoms with Gasteiger partial charge in [0.25, 0.3) is 5.69 Å². The highest BCUT2D eigenvalue weighted by atomic mass is 35.5. The Hall–Kier alpha value is -2.49. The molecule has 0 aromatic heterocycles. The van der Waals surface area contributed by atoms with E-state index < -0.39 is 42.9 Å². The monoisotopic (exact) mass is 426 g/mol. The third-order valence-corrected chi connectivity index (χ3v) is 6.16. The lowest BCUT2D eigenvalue weighted by Gasteiger charge is -2.24. The maximum absolute atomic E-state index is 12.8. The summed E-state index contributed by atoms with van der Waals surface area (Å²) < 4.78 is 32.5. The number of hydrogen-bond donors (Lipinski definition) is 1. The zero-order valence-electron chi connectivity index (χ0n) is 15.4. The van der Waals surface area contributed by atoms with Gasteiger partial charge in [-0.1, -0.05) is 30.3 Å². The molecule has 1 N–H and O–H groups in total. The summed E-state index contributed by atoms with van der Waals surface area (Å²) in [6, 6.07) is 8.71. The average molecular weight is 427 g/mol. The number of para-hydroxylation sites is 1. The second-order valence-corrected chi connectivity index (χ2v) is 8.21. The van der Waals surface area contributed by atoms with Crippen molar-refractivity contribution in [2.75, 3.05) is 7.11 Å². The first-order chi connectivity index (χ1) is 13.1. The standard InChI is InChI=1S/C18H19ClN2O6S/c1-11-7-6-8-12(2)15(11)16(19)17(18(22)27-3)20-28(25,26)14-10-5-4-9-13(14)21(23)24/h4-10,16-17,20H,1-3H3/t16-,17-/m0/s1. The summed E-state index contributed by atoms with van der Waals surface area (Å²) in [5.74, 6) is -0.912. The number of carbonyl (C=O) groups excluding carboxylic acids is 1. The Labute approximate surface area is 167 Å². The molecule has 28 heavy (non-hydrogen) atoms. The van der Waals surface area contributed by atoms with Gasteiger partial charge in [0.2, 0.25) is 10.0 Å². The minimum Gasteiger partial charge on any atom is -0.468 e. The molecule has 2 atom stereocenters. The molecule has 8 nitrogen and oxygen atoms in total. The SMILES string of the molecule is COC(=O)[C@@H](NS(=O)(=O)c1ccccc1[N+](=O)[O-])[C@@H](Cl)c1c(C)cccc1C. The van der Waals surface area contributed by atoms with Crippen molar-refractivity contribution in [3.63, 3.8) is 0 Å². The summed E-state index contributed by atoms with van der Waals surface area (Å²) in [7, 11) is -3.35. The van der Waals surface area contributed by atoms with Crippen LogP contribution in [0.2, 0.25) is 0 Å². The Morgan fingerprint density at radius 1 is 1.14 bits per heavy atom. The largest absolute Gasteiger partial charge is 0.468 e. The van der Waals surface area contributed by atoms with Gasteiger partial charge in [-0.15, -0.1) is 11.6 Å². The second kappa shape index (κ2) is 8.68. The van der Waals surface area contributed by atoms with E-state index in [0.29, 0.717) is 5.56 Å². The number of methoxy groups -OCH3 is 1. The normalized spacial score (nSPS) is 13.6. The number of sulfonamides is 1. The van der Waals surface area contributed by atoms with Crippen LogP contribution in [-0.2, 0) is 19.6 Å². The summed E-state index contributed by atoms with van der Waals surface area (Å²) in [5, 5.41) is 10.1. The molecular formula is C18H19ClN2O6S. The summed E-state index contributed by atoms with van der Waals surface area (Å²) in [6.45, 7) is 3.56. The highest BCUT2D eigenvalue weighted by Gasteiger charge is 2.37. The van der Waals surface area contributed by atoms with Gasteiger partial charge < -0.3 is 4.74 Å². The Kier molecular flexibility index (Phi) is 6.76. The summed E-state index contributed by atoms with van der Waals surface area (Å²) in [6.07, 6.45) is 0. The van der Waals surface area contributed by atoms with Crippen molar-refractivity contribution in [3.05, 3.63) is 69.3 Å². The van der Waals surface area contributed by atoms with E-state index in [1.165, 1.54) is 12.1 Å². The lowest BCUT2D eigenvalue weighted by molar-refractivity contribution is -0.387. The maximum Gasteiger partial charge on any atom is 0.325 e. The minimum absolute atomic E-state index is 0.570. The van der Waals surface area contributed by atoms with Crippen molar-refractivity contribution in [1.82, 2.24) is 4.72 Å². The smallest absolute Gasteiger partial charge is 0.325 e. The minimum atomic E-state index is -4.45. The fourth-order valence-corrected chi connectivity index (χ4v) is 4.80. The molecule has 0 radical (unpaired) electrons. The predicted octanol–water partition coefficient (Wildman–Crippen LogP) is 3.01. The third kappa shape index (κ3) is 4.49. The first-order valence-electron chi connectivity index (χ1n) is 8.14. The number of halogens is 1. The molecule has 0 aliphatic heterocycles. The van der Waals surface area contributed by atoms with Crippen LogP contribution in [0.25, 0.3) is 0 Å². The lowest BCUT2D eigenvalue weighted by atomic mass is 9.96. The zero-order chi connectivity index (χ0) is 21.1. The molecule has 0 heterocycles. The second-order valence-electron chi connectivity index (χ2n) is 6.05. The average Bonchev–Trinajstić information content (AvgIpc) is 2.65. The van der Waals surface area contributed by atoms with Gasteiger partial charge in [0.1, 0.15) is 6.04 Å². The van der Waals surface area contributed by atoms with E-state index >= 15 is 0 Å². The van der Waals surface area contributed by atoms with Crippen molar-refractivity contribution >= 4 is 33.3 Å². The Bertz CT molecular complexity index is 989. The topological polar surface area (TPSA) is 116 Å². The van der Waals surface area contributed by atoms with Crippen LogP contribution in [0.5, 0.6) is 0 Å². The van der Waals surface area contributed by atoms with Gasteiger partial charge in [0, 0.05) is 6.07 Å². The van der Waals surface area contributed by atoms with E-state index in [9.17, 15) is 23.3 Å². The van der Waals surface area contributed by atoms with Crippen LogP contribution in [0, 0.1) is 24.0 Å². The number of alkyl halides is 1. The molecule has 2 aromatic rings. The molecule has 0 saturated carbocycles. The van der Waals surface area contributed by atoms with Crippen LogP contribution in [0.15, 0.2) is 47.4 Å². The van der Waals surface area contributed by atoms with E-state index in [1.54, 1.807) is 26.0 Å². The van der Waals surface area contributed by atoms with Gasteiger partial charge in [-0.05, 0) is 36.6 Å². The number of esters is 1. The molecule has 0 aliphatic rings. The summed E-state index contributed by atoms with van der Waals surface area (Å²) in [5.41, 5.74) is 1.49. The van der Waals surface area contributed by atoms with E-state index in [4.69, 9.17) is 16.3 Å². The van der Waals surface area contributed by atoms with Gasteiger partial charge in [-0.3, -0.25) is 14.9 Å². The fraction of sp³-hybridized carbons (Fsp3) is 0.278. The molecule has 2 aromatic carbocycles. The molecular weight excluding hydrogens is 408 g/mol. The first kappa shape index (κ1) is 21.8. The number of benzene rings is 2. The molecule has 0 aliphatic carbocycles. The molecule has 2 rings (SSSR count). The molecule has 0 saturated heterocycles. The number of nitrogens with zero attached hydrogens (tertiary/aromatic N) is 1. The van der Waals surface area contributed by atoms with E-state index in [1.807, 2.05) is 6.07 Å². The number of ether oxygens (including phenoxy) is 1. The Balaban J connectivity index is 2.51. The van der Waals surface area contributed by atoms with Crippen LogP contribution in [0.4, 0.5) is 5.69 Å². The van der Waals surface area contributed by atoms with E-state index in [-0.39, 0.29) is 0 Å². The molecule has 0 spiro atoms. The number of hydrogen-bond acceptors (Lipinski definition) is 6. The van der Waals surface area contributed by atoms with Gasteiger partial charge in [0.05, 0.1) is 17.4 Å².